The normalized spacial score (nSPS) is 16.9. The van der Waals surface area contributed by atoms with Gasteiger partial charge in [0.25, 0.3) is 0 Å². The van der Waals surface area contributed by atoms with Crippen molar-refractivity contribution in [1.82, 2.24) is 19.4 Å². The van der Waals surface area contributed by atoms with Gasteiger partial charge in [-0.25, -0.2) is 13.4 Å². The number of benzene rings is 1. The summed E-state index contributed by atoms with van der Waals surface area (Å²) in [7, 11) is -1.36. The SMILES string of the molecule is CC(C)Cn1c(CN2CCN(C)CC2)cnc1S(=O)(=O)Cc1ccccc1. The molecule has 0 amide bonds. The second kappa shape index (κ2) is 8.54. The fourth-order valence-electron chi connectivity index (χ4n) is 3.42. The lowest BCUT2D eigenvalue weighted by Gasteiger charge is -2.32. The summed E-state index contributed by atoms with van der Waals surface area (Å²) in [5.74, 6) is 0.327. The molecule has 0 unspecified atom stereocenters. The number of piperazine rings is 1. The lowest BCUT2D eigenvalue weighted by atomic mass is 10.2. The number of hydrogen-bond acceptors (Lipinski definition) is 5. The molecule has 2 aromatic rings. The summed E-state index contributed by atoms with van der Waals surface area (Å²) < 4.78 is 28.0. The first-order valence-corrected chi connectivity index (χ1v) is 11.2. The molecule has 0 aliphatic carbocycles. The lowest BCUT2D eigenvalue weighted by Crippen LogP contribution is -2.44. The summed E-state index contributed by atoms with van der Waals surface area (Å²) in [5, 5.41) is 0.198. The molecule has 148 valence electrons. The van der Waals surface area contributed by atoms with E-state index >= 15 is 0 Å². The maximum atomic E-state index is 13.0. The van der Waals surface area contributed by atoms with Crippen LogP contribution < -0.4 is 0 Å². The average molecular weight is 391 g/mol. The van der Waals surface area contributed by atoms with E-state index in [1.54, 1.807) is 6.20 Å². The molecule has 2 heterocycles. The van der Waals surface area contributed by atoms with Gasteiger partial charge >= 0.3 is 0 Å². The van der Waals surface area contributed by atoms with Crippen LogP contribution in [0.5, 0.6) is 0 Å². The minimum atomic E-state index is -3.49. The molecule has 0 spiro atoms. The van der Waals surface area contributed by atoms with E-state index in [1.165, 1.54) is 0 Å². The number of aromatic nitrogens is 2. The van der Waals surface area contributed by atoms with Crippen LogP contribution >= 0.6 is 0 Å². The highest BCUT2D eigenvalue weighted by Gasteiger charge is 2.25. The van der Waals surface area contributed by atoms with Gasteiger partial charge in [0.2, 0.25) is 15.0 Å². The molecule has 1 aromatic heterocycles. The van der Waals surface area contributed by atoms with Gasteiger partial charge in [0.05, 0.1) is 17.6 Å². The molecule has 7 heteroatoms. The molecule has 1 fully saturated rings. The highest BCUT2D eigenvalue weighted by Crippen LogP contribution is 2.20. The van der Waals surface area contributed by atoms with Gasteiger partial charge in [0.15, 0.2) is 0 Å². The largest absolute Gasteiger partial charge is 0.317 e. The van der Waals surface area contributed by atoms with Crippen LogP contribution in [-0.4, -0.2) is 61.0 Å². The third kappa shape index (κ3) is 5.18. The third-order valence-corrected chi connectivity index (χ3v) is 6.50. The first-order valence-electron chi connectivity index (χ1n) is 9.57. The van der Waals surface area contributed by atoms with Crippen LogP contribution in [0, 0.1) is 5.92 Å². The standard InChI is InChI=1S/C20H30N4O2S/c1-17(2)14-24-19(15-23-11-9-22(3)10-12-23)13-21-20(24)27(25,26)16-18-7-5-4-6-8-18/h4-8,13,17H,9-12,14-16H2,1-3H3. The Morgan fingerprint density at radius 2 is 1.74 bits per heavy atom. The first kappa shape index (κ1) is 20.0. The Morgan fingerprint density at radius 1 is 1.07 bits per heavy atom. The Balaban J connectivity index is 1.85. The maximum absolute atomic E-state index is 13.0. The minimum Gasteiger partial charge on any atom is -0.317 e. The van der Waals surface area contributed by atoms with Gasteiger partial charge in [-0.15, -0.1) is 0 Å². The van der Waals surface area contributed by atoms with E-state index in [2.05, 4.69) is 35.7 Å². The van der Waals surface area contributed by atoms with Crippen LogP contribution in [0.1, 0.15) is 25.1 Å². The number of nitrogens with zero attached hydrogens (tertiary/aromatic N) is 4. The monoisotopic (exact) mass is 390 g/mol. The highest BCUT2D eigenvalue weighted by atomic mass is 32.2. The van der Waals surface area contributed by atoms with E-state index in [9.17, 15) is 8.42 Å². The summed E-state index contributed by atoms with van der Waals surface area (Å²) in [6, 6.07) is 9.31. The molecule has 0 saturated carbocycles. The van der Waals surface area contributed by atoms with E-state index in [-0.39, 0.29) is 10.9 Å². The molecule has 6 nitrogen and oxygen atoms in total. The van der Waals surface area contributed by atoms with Gasteiger partial charge in [0, 0.05) is 39.3 Å². The Kier molecular flexibility index (Phi) is 6.34. The molecule has 0 radical (unpaired) electrons. The van der Waals surface area contributed by atoms with Crippen molar-refractivity contribution in [3.8, 4) is 0 Å². The van der Waals surface area contributed by atoms with E-state index in [4.69, 9.17) is 0 Å². The topological polar surface area (TPSA) is 58.4 Å². The summed E-state index contributed by atoms with van der Waals surface area (Å²) in [6.07, 6.45) is 1.75. The predicted molar refractivity (Wildman–Crippen MR) is 107 cm³/mol. The third-order valence-electron chi connectivity index (χ3n) is 4.91. The van der Waals surface area contributed by atoms with Crippen LogP contribution in [-0.2, 0) is 28.7 Å². The van der Waals surface area contributed by atoms with Crippen LogP contribution in [0.3, 0.4) is 0 Å². The van der Waals surface area contributed by atoms with Crippen LogP contribution in [0.15, 0.2) is 41.7 Å². The zero-order valence-electron chi connectivity index (χ0n) is 16.5. The van der Waals surface area contributed by atoms with E-state index < -0.39 is 9.84 Å². The first-order chi connectivity index (χ1) is 12.8. The Bertz CT molecular complexity index is 838. The zero-order chi connectivity index (χ0) is 19.4. The van der Waals surface area contributed by atoms with Crippen LogP contribution in [0.25, 0.3) is 0 Å². The van der Waals surface area contributed by atoms with Gasteiger partial charge < -0.3 is 9.47 Å². The van der Waals surface area contributed by atoms with Crippen molar-refractivity contribution in [2.24, 2.45) is 5.92 Å². The number of rotatable bonds is 7. The van der Waals surface area contributed by atoms with Crippen molar-refractivity contribution in [2.75, 3.05) is 33.2 Å². The highest BCUT2D eigenvalue weighted by molar-refractivity contribution is 7.90. The fraction of sp³-hybridized carbons (Fsp3) is 0.550. The molecule has 0 bridgehead atoms. The summed E-state index contributed by atoms with van der Waals surface area (Å²) >= 11 is 0. The van der Waals surface area contributed by atoms with E-state index in [0.29, 0.717) is 12.5 Å². The van der Waals surface area contributed by atoms with Crippen LogP contribution in [0.2, 0.25) is 0 Å². The zero-order valence-corrected chi connectivity index (χ0v) is 17.3. The molecular weight excluding hydrogens is 360 g/mol. The summed E-state index contributed by atoms with van der Waals surface area (Å²) in [6.45, 7) is 9.68. The van der Waals surface area contributed by atoms with Crippen molar-refractivity contribution in [3.63, 3.8) is 0 Å². The molecule has 0 atom stereocenters. The molecule has 1 aliphatic rings. The second-order valence-electron chi connectivity index (χ2n) is 7.86. The van der Waals surface area contributed by atoms with Crippen molar-refractivity contribution in [3.05, 3.63) is 47.8 Å². The molecule has 1 saturated heterocycles. The van der Waals surface area contributed by atoms with Gasteiger partial charge in [-0.2, -0.15) is 0 Å². The Morgan fingerprint density at radius 3 is 2.37 bits per heavy atom. The number of hydrogen-bond donors (Lipinski definition) is 0. The summed E-state index contributed by atoms with van der Waals surface area (Å²) in [5.41, 5.74) is 1.78. The van der Waals surface area contributed by atoms with E-state index in [0.717, 1.165) is 44.0 Å². The second-order valence-corrected chi connectivity index (χ2v) is 9.74. The molecule has 1 aromatic carbocycles. The Hall–Kier alpha value is -1.70. The number of likely N-dealkylation sites (N-methyl/N-ethyl adjacent to an activating group) is 1. The summed E-state index contributed by atoms with van der Waals surface area (Å²) in [4.78, 5) is 9.05. The maximum Gasteiger partial charge on any atom is 0.228 e. The van der Waals surface area contributed by atoms with Gasteiger partial charge in [-0.3, -0.25) is 4.90 Å². The van der Waals surface area contributed by atoms with Crippen molar-refractivity contribution < 1.29 is 8.42 Å². The predicted octanol–water partition coefficient (Wildman–Crippen LogP) is 2.26. The van der Waals surface area contributed by atoms with E-state index in [1.807, 2.05) is 34.9 Å². The lowest BCUT2D eigenvalue weighted by molar-refractivity contribution is 0.145. The van der Waals surface area contributed by atoms with Gasteiger partial charge in [0.1, 0.15) is 0 Å². The molecular formula is C20H30N4O2S. The van der Waals surface area contributed by atoms with Gasteiger partial charge in [-0.1, -0.05) is 44.2 Å². The molecule has 1 aliphatic heterocycles. The number of sulfone groups is 1. The van der Waals surface area contributed by atoms with Crippen molar-refractivity contribution in [2.45, 2.75) is 37.8 Å². The number of imidazole rings is 1. The fourth-order valence-corrected chi connectivity index (χ4v) is 4.92. The van der Waals surface area contributed by atoms with Crippen LogP contribution in [0.4, 0.5) is 0 Å². The quantitative estimate of drug-likeness (QED) is 0.726. The van der Waals surface area contributed by atoms with Gasteiger partial charge in [-0.05, 0) is 18.5 Å². The van der Waals surface area contributed by atoms with Crippen molar-refractivity contribution >= 4 is 9.84 Å². The minimum absolute atomic E-state index is 0.0170. The van der Waals surface area contributed by atoms with Crippen molar-refractivity contribution in [1.29, 1.82) is 0 Å². The average Bonchev–Trinajstić information content (AvgIpc) is 3.00. The molecule has 27 heavy (non-hydrogen) atoms. The molecule has 0 N–H and O–H groups in total. The molecule has 3 rings (SSSR count). The smallest absolute Gasteiger partial charge is 0.228 e. The Labute approximate surface area is 162 Å².